The summed E-state index contributed by atoms with van der Waals surface area (Å²) >= 11 is 0. The maximum atomic E-state index is 12.1. The minimum absolute atomic E-state index is 0.298. The van der Waals surface area contributed by atoms with Gasteiger partial charge in [0, 0.05) is 32.6 Å². The lowest BCUT2D eigenvalue weighted by atomic mass is 9.92. The summed E-state index contributed by atoms with van der Waals surface area (Å²) < 4.78 is 0. The first-order valence-corrected chi connectivity index (χ1v) is 7.22. The zero-order chi connectivity index (χ0) is 13.5. The first-order chi connectivity index (χ1) is 8.60. The summed E-state index contributed by atoms with van der Waals surface area (Å²) in [5.41, 5.74) is 0. The number of hydrogen-bond acceptors (Lipinski definition) is 3. The standard InChI is InChI=1S/C14H29N3O/c1-5-17-10-8-13(12(2)11-17)16(4)14(18)7-6-9-15-3/h12-13,15H,5-11H2,1-4H3/t12-,13+/m0/s1. The van der Waals surface area contributed by atoms with E-state index in [1.54, 1.807) is 0 Å². The highest BCUT2D eigenvalue weighted by Crippen LogP contribution is 2.21. The highest BCUT2D eigenvalue weighted by atomic mass is 16.2. The summed E-state index contributed by atoms with van der Waals surface area (Å²) in [6.45, 7) is 8.76. The Bertz CT molecular complexity index is 257. The molecule has 1 heterocycles. The van der Waals surface area contributed by atoms with Crippen LogP contribution >= 0.6 is 0 Å². The molecular weight excluding hydrogens is 226 g/mol. The second kappa shape index (κ2) is 7.74. The molecule has 106 valence electrons. The van der Waals surface area contributed by atoms with Crippen LogP contribution in [0.3, 0.4) is 0 Å². The molecule has 1 aliphatic heterocycles. The van der Waals surface area contributed by atoms with Gasteiger partial charge in [0.2, 0.25) is 5.91 Å². The molecule has 1 fully saturated rings. The molecule has 4 heteroatoms. The average molecular weight is 255 g/mol. The molecule has 0 unspecified atom stereocenters. The molecule has 1 saturated heterocycles. The number of nitrogens with one attached hydrogen (secondary N) is 1. The van der Waals surface area contributed by atoms with Crippen LogP contribution < -0.4 is 5.32 Å². The summed E-state index contributed by atoms with van der Waals surface area (Å²) in [4.78, 5) is 16.6. The molecule has 1 N–H and O–H groups in total. The molecule has 0 bridgehead atoms. The molecule has 4 nitrogen and oxygen atoms in total. The van der Waals surface area contributed by atoms with E-state index in [0.717, 1.165) is 39.0 Å². The van der Waals surface area contributed by atoms with Crippen molar-refractivity contribution >= 4 is 5.91 Å². The van der Waals surface area contributed by atoms with Crippen molar-refractivity contribution in [1.82, 2.24) is 15.1 Å². The van der Waals surface area contributed by atoms with Gasteiger partial charge in [-0.15, -0.1) is 0 Å². The van der Waals surface area contributed by atoms with Gasteiger partial charge in [-0.05, 0) is 38.9 Å². The van der Waals surface area contributed by atoms with Crippen molar-refractivity contribution in [2.24, 2.45) is 5.92 Å². The zero-order valence-electron chi connectivity index (χ0n) is 12.4. The number of nitrogens with zero attached hydrogens (tertiary/aromatic N) is 2. The maximum absolute atomic E-state index is 12.1. The van der Waals surface area contributed by atoms with E-state index in [1.807, 2.05) is 19.0 Å². The minimum atomic E-state index is 0.298. The number of amides is 1. The molecule has 0 saturated carbocycles. The SMILES string of the molecule is CCN1CC[C@@H](N(C)C(=O)CCCNC)[C@@H](C)C1. The van der Waals surface area contributed by atoms with E-state index >= 15 is 0 Å². The van der Waals surface area contributed by atoms with Crippen molar-refractivity contribution in [3.8, 4) is 0 Å². The van der Waals surface area contributed by atoms with E-state index in [9.17, 15) is 4.79 Å². The molecule has 0 aliphatic carbocycles. The average Bonchev–Trinajstić information content (AvgIpc) is 2.38. The topological polar surface area (TPSA) is 35.6 Å². The third-order valence-corrected chi connectivity index (χ3v) is 4.10. The Morgan fingerprint density at radius 3 is 2.78 bits per heavy atom. The third kappa shape index (κ3) is 4.25. The van der Waals surface area contributed by atoms with Crippen molar-refractivity contribution in [2.75, 3.05) is 40.3 Å². The Kier molecular flexibility index (Phi) is 6.65. The van der Waals surface area contributed by atoms with Crippen molar-refractivity contribution in [3.63, 3.8) is 0 Å². The Labute approximate surface area is 112 Å². The number of carbonyl (C=O) groups excluding carboxylic acids is 1. The number of carbonyl (C=O) groups is 1. The van der Waals surface area contributed by atoms with Gasteiger partial charge in [0.1, 0.15) is 0 Å². The summed E-state index contributed by atoms with van der Waals surface area (Å²) in [7, 11) is 3.90. The fraction of sp³-hybridized carbons (Fsp3) is 0.929. The molecule has 0 aromatic carbocycles. The first-order valence-electron chi connectivity index (χ1n) is 7.22. The maximum Gasteiger partial charge on any atom is 0.222 e. The second-order valence-corrected chi connectivity index (χ2v) is 5.44. The number of rotatable bonds is 6. The summed E-state index contributed by atoms with van der Waals surface area (Å²) in [6.07, 6.45) is 2.71. The van der Waals surface area contributed by atoms with Gasteiger partial charge in [-0.3, -0.25) is 4.79 Å². The van der Waals surface area contributed by atoms with Gasteiger partial charge in [-0.2, -0.15) is 0 Å². The molecule has 1 amide bonds. The molecule has 18 heavy (non-hydrogen) atoms. The molecule has 2 atom stereocenters. The van der Waals surface area contributed by atoms with Gasteiger partial charge in [-0.25, -0.2) is 0 Å². The van der Waals surface area contributed by atoms with Crippen molar-refractivity contribution < 1.29 is 4.79 Å². The van der Waals surface area contributed by atoms with Gasteiger partial charge >= 0.3 is 0 Å². The van der Waals surface area contributed by atoms with Crippen LogP contribution in [0.4, 0.5) is 0 Å². The minimum Gasteiger partial charge on any atom is -0.342 e. The van der Waals surface area contributed by atoms with Crippen LogP contribution in [0.25, 0.3) is 0 Å². The monoisotopic (exact) mass is 255 g/mol. The summed E-state index contributed by atoms with van der Waals surface area (Å²) in [6, 6.07) is 0.426. The molecule has 1 rings (SSSR count). The Morgan fingerprint density at radius 2 is 2.22 bits per heavy atom. The van der Waals surface area contributed by atoms with E-state index in [-0.39, 0.29) is 0 Å². The first kappa shape index (κ1) is 15.4. The fourth-order valence-electron chi connectivity index (χ4n) is 2.86. The van der Waals surface area contributed by atoms with Gasteiger partial charge in [-0.1, -0.05) is 13.8 Å². The normalized spacial score (nSPS) is 25.1. The highest BCUT2D eigenvalue weighted by molar-refractivity contribution is 5.76. The van der Waals surface area contributed by atoms with Crippen molar-refractivity contribution in [3.05, 3.63) is 0 Å². The van der Waals surface area contributed by atoms with E-state index in [1.165, 1.54) is 0 Å². The van der Waals surface area contributed by atoms with E-state index in [2.05, 4.69) is 24.1 Å². The molecule has 0 aromatic heterocycles. The molecular formula is C14H29N3O. The smallest absolute Gasteiger partial charge is 0.222 e. The number of hydrogen-bond donors (Lipinski definition) is 1. The molecule has 0 aromatic rings. The lowest BCUT2D eigenvalue weighted by molar-refractivity contribution is -0.134. The van der Waals surface area contributed by atoms with Crippen LogP contribution in [0.5, 0.6) is 0 Å². The predicted molar refractivity (Wildman–Crippen MR) is 75.6 cm³/mol. The van der Waals surface area contributed by atoms with Gasteiger partial charge in [0.05, 0.1) is 0 Å². The van der Waals surface area contributed by atoms with Gasteiger partial charge in [0.25, 0.3) is 0 Å². The second-order valence-electron chi connectivity index (χ2n) is 5.44. The third-order valence-electron chi connectivity index (χ3n) is 4.10. The Balaban J connectivity index is 2.41. The van der Waals surface area contributed by atoms with Crippen LogP contribution in [0.1, 0.15) is 33.1 Å². The van der Waals surface area contributed by atoms with E-state index in [0.29, 0.717) is 24.3 Å². The van der Waals surface area contributed by atoms with Gasteiger partial charge in [0.15, 0.2) is 0 Å². The van der Waals surface area contributed by atoms with Crippen LogP contribution in [0.15, 0.2) is 0 Å². The van der Waals surface area contributed by atoms with Crippen molar-refractivity contribution in [1.29, 1.82) is 0 Å². The molecule has 0 radical (unpaired) electrons. The van der Waals surface area contributed by atoms with Crippen LogP contribution in [-0.4, -0.2) is 62.0 Å². The van der Waals surface area contributed by atoms with Crippen molar-refractivity contribution in [2.45, 2.75) is 39.2 Å². The largest absolute Gasteiger partial charge is 0.342 e. The lowest BCUT2D eigenvalue weighted by Crippen LogP contribution is -2.50. The zero-order valence-corrected chi connectivity index (χ0v) is 12.4. The van der Waals surface area contributed by atoms with Gasteiger partial charge < -0.3 is 15.1 Å². The van der Waals surface area contributed by atoms with Crippen LogP contribution in [0, 0.1) is 5.92 Å². The van der Waals surface area contributed by atoms with E-state index < -0.39 is 0 Å². The highest BCUT2D eigenvalue weighted by Gasteiger charge is 2.30. The summed E-state index contributed by atoms with van der Waals surface area (Å²) in [5, 5.41) is 3.09. The van der Waals surface area contributed by atoms with Crippen LogP contribution in [0.2, 0.25) is 0 Å². The lowest BCUT2D eigenvalue weighted by Gasteiger charge is -2.41. The summed E-state index contributed by atoms with van der Waals surface area (Å²) in [5.74, 6) is 0.879. The molecule has 0 spiro atoms. The molecule has 1 aliphatic rings. The quantitative estimate of drug-likeness (QED) is 0.724. The van der Waals surface area contributed by atoms with Crippen LogP contribution in [-0.2, 0) is 4.79 Å². The number of piperidine rings is 1. The number of likely N-dealkylation sites (tertiary alicyclic amines) is 1. The predicted octanol–water partition coefficient (Wildman–Crippen LogP) is 1.17. The Morgan fingerprint density at radius 1 is 1.50 bits per heavy atom. The van der Waals surface area contributed by atoms with E-state index in [4.69, 9.17) is 0 Å². The fourth-order valence-corrected chi connectivity index (χ4v) is 2.86. The Hall–Kier alpha value is -0.610.